The molecule has 0 saturated heterocycles. The van der Waals surface area contributed by atoms with Crippen molar-refractivity contribution >= 4 is 11.9 Å². The molecule has 0 bridgehead atoms. The van der Waals surface area contributed by atoms with Gasteiger partial charge in [0.25, 0.3) is 0 Å². The average molecular weight is 174 g/mol. The highest BCUT2D eigenvalue weighted by Crippen LogP contribution is 2.00. The lowest BCUT2D eigenvalue weighted by molar-refractivity contribution is -0.332. The Morgan fingerprint density at radius 2 is 1.83 bits per heavy atom. The van der Waals surface area contributed by atoms with Crippen molar-refractivity contribution in [3.8, 4) is 0 Å². The molecule has 0 spiro atoms. The highest BCUT2D eigenvalue weighted by molar-refractivity contribution is 5.90. The zero-order valence-corrected chi connectivity index (χ0v) is 6.74. The molecular formula is C7H10O5-2. The highest BCUT2D eigenvalue weighted by atomic mass is 16.5. The molecule has 0 unspecified atom stereocenters. The van der Waals surface area contributed by atoms with Gasteiger partial charge < -0.3 is 24.5 Å². The number of hydrogen-bond donors (Lipinski definition) is 0. The van der Waals surface area contributed by atoms with Crippen LogP contribution in [0.5, 0.6) is 0 Å². The number of carboxylic acids is 2. The van der Waals surface area contributed by atoms with E-state index < -0.39 is 17.9 Å². The molecule has 0 aromatic heterocycles. The molecule has 5 nitrogen and oxygen atoms in total. The van der Waals surface area contributed by atoms with E-state index in [0.717, 1.165) is 0 Å². The summed E-state index contributed by atoms with van der Waals surface area (Å²) in [7, 11) is 0. The third-order valence-corrected chi connectivity index (χ3v) is 1.32. The Morgan fingerprint density at radius 1 is 1.33 bits per heavy atom. The van der Waals surface area contributed by atoms with Gasteiger partial charge in [-0.25, -0.2) is 0 Å². The first-order chi connectivity index (χ1) is 5.59. The first kappa shape index (κ1) is 10.9. The van der Waals surface area contributed by atoms with Crippen LogP contribution in [0.3, 0.4) is 0 Å². The van der Waals surface area contributed by atoms with Gasteiger partial charge in [-0.15, -0.1) is 0 Å². The predicted octanol–water partition coefficient (Wildman–Crippen LogP) is -2.47. The number of carboxylic acid groups (broad SMARTS) is 2. The lowest BCUT2D eigenvalue weighted by Crippen LogP contribution is -2.43. The summed E-state index contributed by atoms with van der Waals surface area (Å²) in [5.41, 5.74) is 0. The molecule has 0 fully saturated rings. The average Bonchev–Trinajstić information content (AvgIpc) is 1.96. The Hall–Kier alpha value is -1.10. The van der Waals surface area contributed by atoms with E-state index in [-0.39, 0.29) is 13.0 Å². The second-order valence-corrected chi connectivity index (χ2v) is 2.18. The van der Waals surface area contributed by atoms with Crippen molar-refractivity contribution in [1.82, 2.24) is 0 Å². The van der Waals surface area contributed by atoms with Gasteiger partial charge in [-0.1, -0.05) is 0 Å². The molecule has 70 valence electrons. The van der Waals surface area contributed by atoms with Gasteiger partial charge in [0, 0.05) is 19.1 Å². The van der Waals surface area contributed by atoms with Crippen molar-refractivity contribution in [2.24, 2.45) is 5.92 Å². The van der Waals surface area contributed by atoms with E-state index in [1.807, 2.05) is 0 Å². The molecule has 0 radical (unpaired) electrons. The van der Waals surface area contributed by atoms with Crippen LogP contribution in [0.4, 0.5) is 0 Å². The van der Waals surface area contributed by atoms with E-state index in [2.05, 4.69) is 0 Å². The molecular weight excluding hydrogens is 164 g/mol. The Balaban J connectivity index is 3.80. The van der Waals surface area contributed by atoms with Crippen LogP contribution < -0.4 is 10.2 Å². The Morgan fingerprint density at radius 3 is 2.17 bits per heavy atom. The third-order valence-electron chi connectivity index (χ3n) is 1.32. The summed E-state index contributed by atoms with van der Waals surface area (Å²) >= 11 is 0. The summed E-state index contributed by atoms with van der Waals surface area (Å²) in [5, 5.41) is 20.3. The van der Waals surface area contributed by atoms with E-state index in [4.69, 9.17) is 4.74 Å². The van der Waals surface area contributed by atoms with Crippen molar-refractivity contribution in [2.45, 2.75) is 13.3 Å². The predicted molar refractivity (Wildman–Crippen MR) is 34.6 cm³/mol. The summed E-state index contributed by atoms with van der Waals surface area (Å²) in [5.74, 6) is -4.83. The van der Waals surface area contributed by atoms with E-state index >= 15 is 0 Å². The van der Waals surface area contributed by atoms with Crippen LogP contribution in [0.2, 0.25) is 0 Å². The lowest BCUT2D eigenvalue weighted by Gasteiger charge is -2.18. The van der Waals surface area contributed by atoms with Crippen LogP contribution in [0.1, 0.15) is 13.3 Å². The summed E-state index contributed by atoms with van der Waals surface area (Å²) in [4.78, 5) is 20.3. The maximum absolute atomic E-state index is 10.1. The normalized spacial score (nSPS) is 10.2. The first-order valence-electron chi connectivity index (χ1n) is 3.59. The molecule has 0 aliphatic rings. The fourth-order valence-corrected chi connectivity index (χ4v) is 0.677. The smallest absolute Gasteiger partial charge is 0.0502 e. The van der Waals surface area contributed by atoms with Crippen molar-refractivity contribution in [2.75, 3.05) is 13.2 Å². The lowest BCUT2D eigenvalue weighted by atomic mass is 10.1. The number of rotatable bonds is 6. The van der Waals surface area contributed by atoms with Crippen LogP contribution in [-0.2, 0) is 14.3 Å². The van der Waals surface area contributed by atoms with Crippen molar-refractivity contribution in [1.29, 1.82) is 0 Å². The van der Waals surface area contributed by atoms with Gasteiger partial charge in [0.15, 0.2) is 0 Å². The number of carbonyl (C=O) groups is 2. The van der Waals surface area contributed by atoms with E-state index in [1.165, 1.54) is 0 Å². The number of hydrogen-bond acceptors (Lipinski definition) is 5. The molecule has 0 saturated carbocycles. The molecule has 0 aliphatic heterocycles. The number of aliphatic carboxylic acids is 2. The fraction of sp³-hybridized carbons (Fsp3) is 0.714. The van der Waals surface area contributed by atoms with Crippen LogP contribution >= 0.6 is 0 Å². The van der Waals surface area contributed by atoms with Crippen LogP contribution in [-0.4, -0.2) is 25.2 Å². The van der Waals surface area contributed by atoms with E-state index in [1.54, 1.807) is 6.92 Å². The summed E-state index contributed by atoms with van der Waals surface area (Å²) < 4.78 is 4.78. The van der Waals surface area contributed by atoms with Crippen molar-refractivity contribution in [3.63, 3.8) is 0 Å². The van der Waals surface area contributed by atoms with Crippen molar-refractivity contribution in [3.05, 3.63) is 0 Å². The maximum Gasteiger partial charge on any atom is 0.0502 e. The van der Waals surface area contributed by atoms with Crippen molar-refractivity contribution < 1.29 is 24.5 Å². The molecule has 12 heavy (non-hydrogen) atoms. The molecule has 0 amide bonds. The molecule has 0 aromatic carbocycles. The van der Waals surface area contributed by atoms with E-state index in [9.17, 15) is 19.8 Å². The molecule has 0 aromatic rings. The standard InChI is InChI=1S/C7H12O5/c1-2-12-4-3-5(6(8)9)7(10)11/h5H,2-4H2,1H3,(H,8,9)(H,10,11)/p-2. The summed E-state index contributed by atoms with van der Waals surface area (Å²) in [6.07, 6.45) is -0.113. The molecule has 0 N–H and O–H groups in total. The third kappa shape index (κ3) is 3.92. The fourth-order valence-electron chi connectivity index (χ4n) is 0.677. The largest absolute Gasteiger partial charge is 0.549 e. The van der Waals surface area contributed by atoms with Crippen LogP contribution in [0.15, 0.2) is 0 Å². The van der Waals surface area contributed by atoms with Gasteiger partial charge in [-0.2, -0.15) is 0 Å². The molecule has 0 heterocycles. The van der Waals surface area contributed by atoms with Gasteiger partial charge >= 0.3 is 0 Å². The second-order valence-electron chi connectivity index (χ2n) is 2.18. The van der Waals surface area contributed by atoms with Gasteiger partial charge in [0.05, 0.1) is 11.9 Å². The Bertz CT molecular complexity index is 151. The number of ether oxygens (including phenoxy) is 1. The van der Waals surface area contributed by atoms with Gasteiger partial charge in [-0.3, -0.25) is 0 Å². The zero-order chi connectivity index (χ0) is 9.56. The Kier molecular flexibility index (Phi) is 5.03. The number of carbonyl (C=O) groups excluding carboxylic acids is 2. The first-order valence-corrected chi connectivity index (χ1v) is 3.59. The maximum atomic E-state index is 10.1. The van der Waals surface area contributed by atoms with Gasteiger partial charge in [0.2, 0.25) is 0 Å². The van der Waals surface area contributed by atoms with E-state index in [0.29, 0.717) is 6.61 Å². The zero-order valence-electron chi connectivity index (χ0n) is 6.74. The molecule has 0 atom stereocenters. The molecule has 5 heteroatoms. The monoisotopic (exact) mass is 174 g/mol. The second kappa shape index (κ2) is 5.54. The van der Waals surface area contributed by atoms with Gasteiger partial charge in [-0.05, 0) is 13.3 Å². The summed E-state index contributed by atoms with van der Waals surface area (Å²) in [6, 6.07) is 0. The minimum absolute atomic E-state index is 0.0864. The quantitative estimate of drug-likeness (QED) is 0.329. The Labute approximate surface area is 70.0 Å². The topological polar surface area (TPSA) is 89.5 Å². The van der Waals surface area contributed by atoms with Crippen LogP contribution in [0, 0.1) is 5.92 Å². The summed E-state index contributed by atoms with van der Waals surface area (Å²) in [6.45, 7) is 2.24. The molecule has 0 aliphatic carbocycles. The molecule has 0 rings (SSSR count). The highest BCUT2D eigenvalue weighted by Gasteiger charge is 2.10. The minimum Gasteiger partial charge on any atom is -0.549 e. The minimum atomic E-state index is -1.63. The van der Waals surface area contributed by atoms with Crippen LogP contribution in [0.25, 0.3) is 0 Å². The SMILES string of the molecule is CCOCCC(C(=O)[O-])C(=O)[O-]. The van der Waals surface area contributed by atoms with Gasteiger partial charge in [0.1, 0.15) is 0 Å².